The molecule has 1 aliphatic rings. The first kappa shape index (κ1) is 15.2. The van der Waals surface area contributed by atoms with E-state index in [4.69, 9.17) is 0 Å². The number of pyridine rings is 1. The van der Waals surface area contributed by atoms with E-state index in [1.807, 2.05) is 31.2 Å². The highest BCUT2D eigenvalue weighted by atomic mass is 16.2. The topological polar surface area (TPSA) is 53.5 Å². The molecule has 0 saturated carbocycles. The molecule has 1 aromatic carbocycles. The number of carbonyl (C=O) groups excluding carboxylic acids is 2. The van der Waals surface area contributed by atoms with Gasteiger partial charge in [0.1, 0.15) is 5.69 Å². The lowest BCUT2D eigenvalue weighted by Gasteiger charge is -2.34. The smallest absolute Gasteiger partial charge is 0.272 e. The molecule has 2 amide bonds. The minimum atomic E-state index is -0.0759. The summed E-state index contributed by atoms with van der Waals surface area (Å²) in [6, 6.07) is 12.9. The zero-order valence-electron chi connectivity index (χ0n) is 13.1. The van der Waals surface area contributed by atoms with Crippen LogP contribution in [0.25, 0.3) is 0 Å². The molecule has 0 aliphatic carbocycles. The van der Waals surface area contributed by atoms with E-state index in [0.717, 1.165) is 5.56 Å². The molecule has 0 N–H and O–H groups in total. The Labute approximate surface area is 135 Å². The number of piperazine rings is 1. The Hall–Kier alpha value is -2.69. The molecule has 5 nitrogen and oxygen atoms in total. The van der Waals surface area contributed by atoms with Crippen LogP contribution in [0.2, 0.25) is 0 Å². The molecule has 118 valence electrons. The molecule has 1 aromatic heterocycles. The van der Waals surface area contributed by atoms with E-state index >= 15 is 0 Å². The number of rotatable bonds is 2. The molecule has 2 heterocycles. The number of amides is 2. The number of nitrogens with zero attached hydrogens (tertiary/aromatic N) is 3. The highest BCUT2D eigenvalue weighted by molar-refractivity contribution is 5.95. The lowest BCUT2D eigenvalue weighted by molar-refractivity contribution is 0.0532. The first-order valence-electron chi connectivity index (χ1n) is 7.71. The maximum atomic E-state index is 12.5. The molecule has 0 bridgehead atoms. The Kier molecular flexibility index (Phi) is 4.37. The van der Waals surface area contributed by atoms with Crippen LogP contribution >= 0.6 is 0 Å². The third-order valence-corrected chi connectivity index (χ3v) is 4.04. The van der Waals surface area contributed by atoms with Gasteiger partial charge in [-0.25, -0.2) is 0 Å². The van der Waals surface area contributed by atoms with E-state index in [9.17, 15) is 9.59 Å². The van der Waals surface area contributed by atoms with E-state index in [1.54, 1.807) is 34.2 Å². The van der Waals surface area contributed by atoms with E-state index in [-0.39, 0.29) is 11.8 Å². The highest BCUT2D eigenvalue weighted by Crippen LogP contribution is 2.11. The number of aromatic nitrogens is 1. The summed E-state index contributed by atoms with van der Waals surface area (Å²) in [5.74, 6) is -0.0528. The second-order valence-electron chi connectivity index (χ2n) is 5.67. The van der Waals surface area contributed by atoms with Crippen molar-refractivity contribution in [2.45, 2.75) is 6.92 Å². The predicted molar refractivity (Wildman–Crippen MR) is 87.2 cm³/mol. The van der Waals surface area contributed by atoms with Crippen molar-refractivity contribution >= 4 is 11.8 Å². The Bertz CT molecular complexity index is 690. The standard InChI is InChI=1S/C18H19N3O2/c1-14-5-7-15(8-6-14)17(22)20-10-12-21(13-11-20)18(23)16-4-2-3-9-19-16/h2-9H,10-13H2,1H3. The van der Waals surface area contributed by atoms with E-state index in [1.165, 1.54) is 0 Å². The molecule has 2 aromatic rings. The fourth-order valence-corrected chi connectivity index (χ4v) is 2.64. The van der Waals surface area contributed by atoms with Crippen molar-refractivity contribution in [3.05, 3.63) is 65.5 Å². The van der Waals surface area contributed by atoms with E-state index < -0.39 is 0 Å². The van der Waals surface area contributed by atoms with Crippen LogP contribution in [0.5, 0.6) is 0 Å². The van der Waals surface area contributed by atoms with Gasteiger partial charge in [0.25, 0.3) is 11.8 Å². The van der Waals surface area contributed by atoms with Gasteiger partial charge in [0.15, 0.2) is 0 Å². The van der Waals surface area contributed by atoms with Gasteiger partial charge in [0, 0.05) is 37.9 Å². The number of carbonyl (C=O) groups is 2. The highest BCUT2D eigenvalue weighted by Gasteiger charge is 2.25. The SMILES string of the molecule is Cc1ccc(C(=O)N2CCN(C(=O)c3ccccn3)CC2)cc1. The number of aryl methyl sites for hydroxylation is 1. The van der Waals surface area contributed by atoms with Crippen molar-refractivity contribution in [1.82, 2.24) is 14.8 Å². The van der Waals surface area contributed by atoms with Crippen LogP contribution in [-0.2, 0) is 0 Å². The quantitative estimate of drug-likeness (QED) is 0.852. The Morgan fingerprint density at radius 3 is 2.04 bits per heavy atom. The van der Waals surface area contributed by atoms with Crippen LogP contribution in [0, 0.1) is 6.92 Å². The van der Waals surface area contributed by atoms with Gasteiger partial charge in [-0.1, -0.05) is 23.8 Å². The monoisotopic (exact) mass is 309 g/mol. The molecule has 5 heteroatoms. The second-order valence-corrected chi connectivity index (χ2v) is 5.67. The van der Waals surface area contributed by atoms with Crippen molar-refractivity contribution in [3.8, 4) is 0 Å². The normalized spacial score (nSPS) is 14.7. The van der Waals surface area contributed by atoms with Gasteiger partial charge in [0.05, 0.1) is 0 Å². The summed E-state index contributed by atoms with van der Waals surface area (Å²) in [6.07, 6.45) is 1.62. The molecule has 1 saturated heterocycles. The third kappa shape index (κ3) is 3.39. The zero-order valence-corrected chi connectivity index (χ0v) is 13.1. The Morgan fingerprint density at radius 1 is 0.870 bits per heavy atom. The van der Waals surface area contributed by atoms with Crippen LogP contribution in [0.1, 0.15) is 26.4 Å². The van der Waals surface area contributed by atoms with E-state index in [2.05, 4.69) is 4.98 Å². The van der Waals surface area contributed by atoms with Crippen LogP contribution in [0.4, 0.5) is 0 Å². The van der Waals surface area contributed by atoms with Crippen molar-refractivity contribution < 1.29 is 9.59 Å². The summed E-state index contributed by atoms with van der Waals surface area (Å²) in [7, 11) is 0. The van der Waals surface area contributed by atoms with Crippen LogP contribution in [0.3, 0.4) is 0 Å². The van der Waals surface area contributed by atoms with Crippen LogP contribution in [-0.4, -0.2) is 52.8 Å². The molecule has 0 radical (unpaired) electrons. The molecule has 0 unspecified atom stereocenters. The van der Waals surface area contributed by atoms with Crippen molar-refractivity contribution in [3.63, 3.8) is 0 Å². The van der Waals surface area contributed by atoms with Gasteiger partial charge in [-0.2, -0.15) is 0 Å². The number of hydrogen-bond donors (Lipinski definition) is 0. The van der Waals surface area contributed by atoms with Gasteiger partial charge in [-0.15, -0.1) is 0 Å². The fourth-order valence-electron chi connectivity index (χ4n) is 2.64. The fraction of sp³-hybridized carbons (Fsp3) is 0.278. The van der Waals surface area contributed by atoms with Gasteiger partial charge in [0.2, 0.25) is 0 Å². The molecule has 1 aliphatic heterocycles. The van der Waals surface area contributed by atoms with E-state index in [0.29, 0.717) is 37.4 Å². The Balaban J connectivity index is 1.61. The van der Waals surface area contributed by atoms with Crippen molar-refractivity contribution in [2.24, 2.45) is 0 Å². The minimum Gasteiger partial charge on any atom is -0.335 e. The van der Waals surface area contributed by atoms with Gasteiger partial charge in [-0.05, 0) is 31.2 Å². The summed E-state index contributed by atoms with van der Waals surface area (Å²) >= 11 is 0. The van der Waals surface area contributed by atoms with Crippen LogP contribution < -0.4 is 0 Å². The van der Waals surface area contributed by atoms with Gasteiger partial charge >= 0.3 is 0 Å². The molecular formula is C18H19N3O2. The lowest BCUT2D eigenvalue weighted by Crippen LogP contribution is -2.50. The lowest BCUT2D eigenvalue weighted by atomic mass is 10.1. The second kappa shape index (κ2) is 6.60. The molecule has 3 rings (SSSR count). The number of benzene rings is 1. The van der Waals surface area contributed by atoms with Crippen molar-refractivity contribution in [2.75, 3.05) is 26.2 Å². The molecular weight excluding hydrogens is 290 g/mol. The first-order chi connectivity index (χ1) is 11.1. The molecule has 23 heavy (non-hydrogen) atoms. The van der Waals surface area contributed by atoms with Crippen LogP contribution in [0.15, 0.2) is 48.7 Å². The minimum absolute atomic E-state index is 0.0231. The molecule has 0 atom stereocenters. The summed E-state index contributed by atoms with van der Waals surface area (Å²) in [4.78, 5) is 32.5. The predicted octanol–water partition coefficient (Wildman–Crippen LogP) is 1.99. The maximum Gasteiger partial charge on any atom is 0.272 e. The summed E-state index contributed by atoms with van der Waals surface area (Å²) < 4.78 is 0. The summed E-state index contributed by atoms with van der Waals surface area (Å²) in [6.45, 7) is 4.16. The molecule has 1 fully saturated rings. The third-order valence-electron chi connectivity index (χ3n) is 4.04. The largest absolute Gasteiger partial charge is 0.335 e. The Morgan fingerprint density at radius 2 is 1.48 bits per heavy atom. The zero-order chi connectivity index (χ0) is 16.2. The maximum absolute atomic E-state index is 12.5. The summed E-state index contributed by atoms with van der Waals surface area (Å²) in [5, 5.41) is 0. The average Bonchev–Trinajstić information content (AvgIpc) is 2.62. The number of hydrogen-bond acceptors (Lipinski definition) is 3. The van der Waals surface area contributed by atoms with Gasteiger partial charge in [-0.3, -0.25) is 14.6 Å². The summed E-state index contributed by atoms with van der Waals surface area (Å²) in [5.41, 5.74) is 2.28. The van der Waals surface area contributed by atoms with Gasteiger partial charge < -0.3 is 9.80 Å². The first-order valence-corrected chi connectivity index (χ1v) is 7.71. The molecule has 0 spiro atoms. The van der Waals surface area contributed by atoms with Crippen molar-refractivity contribution in [1.29, 1.82) is 0 Å². The average molecular weight is 309 g/mol.